The second-order valence-corrected chi connectivity index (χ2v) is 20.1. The molecule has 0 saturated carbocycles. The summed E-state index contributed by atoms with van der Waals surface area (Å²) in [4.78, 5) is 55.3. The van der Waals surface area contributed by atoms with Crippen molar-refractivity contribution in [3.8, 4) is 11.1 Å². The first kappa shape index (κ1) is 52.8. The summed E-state index contributed by atoms with van der Waals surface area (Å²) < 4.78 is 2.24. The monoisotopic (exact) mass is 965 g/mol. The number of piperidine rings is 3. The van der Waals surface area contributed by atoms with Crippen LogP contribution in [0, 0.1) is 12.8 Å². The van der Waals surface area contributed by atoms with Crippen LogP contribution in [0.3, 0.4) is 0 Å². The highest BCUT2D eigenvalue weighted by Gasteiger charge is 2.32. The molecule has 6 heterocycles. The van der Waals surface area contributed by atoms with Gasteiger partial charge in [0, 0.05) is 79.6 Å². The normalized spacial score (nSPS) is 17.5. The van der Waals surface area contributed by atoms with Crippen molar-refractivity contribution in [3.05, 3.63) is 113 Å². The molecule has 0 radical (unpaired) electrons. The van der Waals surface area contributed by atoms with Crippen molar-refractivity contribution >= 4 is 46.5 Å². The Labute approximate surface area is 423 Å². The summed E-state index contributed by atoms with van der Waals surface area (Å²) in [7, 11) is 2.12. The number of allylic oxidation sites excluding steroid dienone is 1. The van der Waals surface area contributed by atoms with Crippen LogP contribution >= 0.6 is 0 Å². The number of carbonyl (C=O) groups excluding carboxylic acids is 3. The summed E-state index contributed by atoms with van der Waals surface area (Å²) in [6.45, 7) is 25.1. The maximum atomic E-state index is 13.4. The van der Waals surface area contributed by atoms with E-state index in [1.165, 1.54) is 54.9 Å². The van der Waals surface area contributed by atoms with E-state index < -0.39 is 0 Å². The number of aromatic nitrogens is 3. The number of anilines is 3. The van der Waals surface area contributed by atoms with Gasteiger partial charge < -0.3 is 35.6 Å². The minimum absolute atomic E-state index is 0.0195. The molecule has 3 aromatic heterocycles. The molecule has 5 aromatic rings. The van der Waals surface area contributed by atoms with Crippen molar-refractivity contribution < 1.29 is 14.4 Å². The Morgan fingerprint density at radius 2 is 1.62 bits per heavy atom. The first-order valence-electron chi connectivity index (χ1n) is 26.5. The summed E-state index contributed by atoms with van der Waals surface area (Å²) in [6.07, 6.45) is 14.6. The lowest BCUT2D eigenvalue weighted by molar-refractivity contribution is -0.122. The number of rotatable bonds is 18. The van der Waals surface area contributed by atoms with Gasteiger partial charge >= 0.3 is 0 Å². The zero-order valence-corrected chi connectivity index (χ0v) is 43.7. The topological polar surface area (TPSA) is 145 Å². The van der Waals surface area contributed by atoms with Crippen molar-refractivity contribution in [2.45, 2.75) is 124 Å². The van der Waals surface area contributed by atoms with Gasteiger partial charge in [-0.05, 0) is 187 Å². The molecule has 3 fully saturated rings. The molecular weight excluding hydrogens is 885 g/mol. The smallest absolute Gasteiger partial charge is 0.253 e. The molecular formula is C58H80N10O3. The quantitative estimate of drug-likeness (QED) is 0.0731. The molecule has 3 aliphatic heterocycles. The lowest BCUT2D eigenvalue weighted by Crippen LogP contribution is -2.50. The molecule has 2 atom stereocenters. The largest absolute Gasteiger partial charge is 0.384 e. The minimum atomic E-state index is -0.241. The Balaban J connectivity index is 0.000000260. The lowest BCUT2D eigenvalue weighted by Gasteiger charge is -2.37. The van der Waals surface area contributed by atoms with Crippen LogP contribution in [0.5, 0.6) is 0 Å². The van der Waals surface area contributed by atoms with E-state index >= 15 is 0 Å². The Bertz CT molecular complexity index is 2570. The maximum absolute atomic E-state index is 13.4. The zero-order valence-electron chi connectivity index (χ0n) is 43.7. The van der Waals surface area contributed by atoms with E-state index in [1.54, 1.807) is 0 Å². The standard InChI is InChI=1S/C39H53N7O.C19H27N3O2/c1-5-19-44(20-6-2)27-29-14-21-46(22-15-29)39(47)32-9-7-30(8-10-32)31-16-23-45(24-17-31)28(3)36-25-35-34(13-18-41-38(35)43(36)4)33-11-12-37(40)42-26-33;1-5-9-22(17-8-7-14(4)21-19(17)24)18-10-13(3)15(6-2)11-16(18)20-12-23/h7-13,18,25-26,28-29,31H,5-6,14-17,19-24,27H2,1-4H3,(H2,40,42);10-12,17H,4-9H2,1-3H3,(H,20,23)(H,21,24). The molecule has 0 aliphatic carbocycles. The van der Waals surface area contributed by atoms with Gasteiger partial charge in [0.05, 0.1) is 11.4 Å². The van der Waals surface area contributed by atoms with Gasteiger partial charge in [-0.2, -0.15) is 0 Å². The highest BCUT2D eigenvalue weighted by atomic mass is 16.2. The van der Waals surface area contributed by atoms with Crippen molar-refractivity contribution in [1.82, 2.24) is 34.6 Å². The number of benzene rings is 2. The Kier molecular flexibility index (Phi) is 18.5. The number of fused-ring (bicyclic) bond motifs is 1. The van der Waals surface area contributed by atoms with E-state index in [2.05, 4.69) is 137 Å². The second kappa shape index (κ2) is 24.9. The van der Waals surface area contributed by atoms with Crippen LogP contribution in [0.4, 0.5) is 17.2 Å². The number of nitrogens with two attached hydrogens (primary N) is 1. The number of likely N-dealkylation sites (tertiary alicyclic amines) is 2. The molecule has 0 spiro atoms. The molecule has 71 heavy (non-hydrogen) atoms. The fourth-order valence-electron chi connectivity index (χ4n) is 11.2. The summed E-state index contributed by atoms with van der Waals surface area (Å²) in [6, 6.07) is 20.9. The third kappa shape index (κ3) is 12.7. The molecule has 13 nitrogen and oxygen atoms in total. The third-order valence-corrected chi connectivity index (χ3v) is 15.2. The van der Waals surface area contributed by atoms with Gasteiger partial charge in [-0.3, -0.25) is 19.3 Å². The summed E-state index contributed by atoms with van der Waals surface area (Å²) in [5.41, 5.74) is 17.3. The molecule has 13 heteroatoms. The molecule has 2 unspecified atom stereocenters. The van der Waals surface area contributed by atoms with E-state index in [0.29, 0.717) is 24.1 Å². The highest BCUT2D eigenvalue weighted by molar-refractivity contribution is 5.95. The highest BCUT2D eigenvalue weighted by Crippen LogP contribution is 2.37. The van der Waals surface area contributed by atoms with E-state index in [9.17, 15) is 14.4 Å². The maximum Gasteiger partial charge on any atom is 0.253 e. The van der Waals surface area contributed by atoms with Gasteiger partial charge in [-0.1, -0.05) is 46.4 Å². The summed E-state index contributed by atoms with van der Waals surface area (Å²) >= 11 is 0. The number of nitrogen functional groups attached to an aromatic ring is 1. The van der Waals surface area contributed by atoms with Crippen LogP contribution in [0.25, 0.3) is 22.2 Å². The summed E-state index contributed by atoms with van der Waals surface area (Å²) in [5.74, 6) is 1.92. The molecule has 3 aliphatic rings. The number of hydrogen-bond acceptors (Lipinski definition) is 9. The van der Waals surface area contributed by atoms with Gasteiger partial charge in [0.15, 0.2) is 0 Å². The zero-order chi connectivity index (χ0) is 50.6. The number of aryl methyl sites for hydroxylation is 3. The second-order valence-electron chi connectivity index (χ2n) is 20.1. The van der Waals surface area contributed by atoms with Crippen molar-refractivity contribution in [2.75, 3.05) is 68.3 Å². The third-order valence-electron chi connectivity index (χ3n) is 15.2. The van der Waals surface area contributed by atoms with Gasteiger partial charge in [-0.15, -0.1) is 0 Å². The van der Waals surface area contributed by atoms with E-state index in [4.69, 9.17) is 10.7 Å². The number of hydrogen-bond donors (Lipinski definition) is 3. The van der Waals surface area contributed by atoms with Crippen molar-refractivity contribution in [3.63, 3.8) is 0 Å². The van der Waals surface area contributed by atoms with Gasteiger partial charge in [0.2, 0.25) is 12.3 Å². The van der Waals surface area contributed by atoms with Gasteiger partial charge in [0.25, 0.3) is 5.91 Å². The number of nitrogens with one attached hydrogen (secondary N) is 2. The van der Waals surface area contributed by atoms with Gasteiger partial charge in [0.1, 0.15) is 17.5 Å². The average molecular weight is 965 g/mol. The van der Waals surface area contributed by atoms with E-state index in [-0.39, 0.29) is 23.9 Å². The predicted octanol–water partition coefficient (Wildman–Crippen LogP) is 10.3. The Morgan fingerprint density at radius 1 is 0.915 bits per heavy atom. The van der Waals surface area contributed by atoms with Crippen molar-refractivity contribution in [2.24, 2.45) is 13.0 Å². The molecule has 3 saturated heterocycles. The van der Waals surface area contributed by atoms with Gasteiger partial charge in [-0.25, -0.2) is 9.97 Å². The molecule has 0 bridgehead atoms. The van der Waals surface area contributed by atoms with Crippen molar-refractivity contribution in [1.29, 1.82) is 0 Å². The Hall–Kier alpha value is -6.05. The first-order chi connectivity index (χ1) is 34.4. The fourth-order valence-corrected chi connectivity index (χ4v) is 11.2. The van der Waals surface area contributed by atoms with Crippen LogP contribution in [0.1, 0.15) is 137 Å². The SMILES string of the molecule is C=C1CCC(N(CCC)c2cc(C)c(CC)cc2NC=O)C(=O)N1.CCCN(CCC)CC1CCN(C(=O)c2ccc(C3CCN(C(C)c4cc5c(-c6ccc(N)nc6)ccnc5n4C)CC3)cc2)CC1. The van der Waals surface area contributed by atoms with Crippen LogP contribution in [0.2, 0.25) is 0 Å². The number of pyridine rings is 2. The molecule has 4 N–H and O–H groups in total. The average Bonchev–Trinajstić information content (AvgIpc) is 3.72. The molecule has 2 aromatic carbocycles. The minimum Gasteiger partial charge on any atom is -0.384 e. The molecule has 380 valence electrons. The van der Waals surface area contributed by atoms with E-state index in [0.717, 1.165) is 129 Å². The number of nitrogens with zero attached hydrogens (tertiary/aromatic N) is 7. The van der Waals surface area contributed by atoms with E-state index in [1.807, 2.05) is 30.6 Å². The van der Waals surface area contributed by atoms with Crippen LogP contribution in [-0.4, -0.2) is 106 Å². The molecule has 8 rings (SSSR count). The van der Waals surface area contributed by atoms with Crippen LogP contribution in [-0.2, 0) is 23.1 Å². The molecule has 3 amide bonds. The first-order valence-corrected chi connectivity index (χ1v) is 26.5. The van der Waals surface area contributed by atoms with Crippen LogP contribution < -0.4 is 21.3 Å². The fraction of sp³-hybridized carbons (Fsp3) is 0.500. The lowest BCUT2D eigenvalue weighted by atomic mass is 9.88. The number of carbonyl (C=O) groups is 3. The van der Waals surface area contributed by atoms with Crippen LogP contribution in [0.15, 0.2) is 85.3 Å². The summed E-state index contributed by atoms with van der Waals surface area (Å²) in [5, 5.41) is 6.81. The Morgan fingerprint density at radius 3 is 2.24 bits per heavy atom. The number of amides is 3. The predicted molar refractivity (Wildman–Crippen MR) is 291 cm³/mol.